The van der Waals surface area contributed by atoms with Crippen LogP contribution in [0.4, 0.5) is 5.69 Å². The number of aromatic nitrogens is 1. The molecule has 3 aromatic carbocycles. The molecule has 0 aliphatic rings. The van der Waals surface area contributed by atoms with Crippen LogP contribution < -0.4 is 16.9 Å². The zero-order valence-corrected chi connectivity index (χ0v) is 17.1. The third kappa shape index (κ3) is 3.20. The van der Waals surface area contributed by atoms with Gasteiger partial charge in [0.1, 0.15) is 16.0 Å². The first-order valence-electron chi connectivity index (χ1n) is 9.53. The number of benzene rings is 3. The number of hydrogen-bond acceptors (Lipinski definition) is 5. The van der Waals surface area contributed by atoms with Crippen LogP contribution in [0.3, 0.4) is 0 Å². The lowest BCUT2D eigenvalue weighted by atomic mass is 10.1. The number of aromatic hydroxyl groups is 1. The van der Waals surface area contributed by atoms with Gasteiger partial charge in [-0.2, -0.15) is 0 Å². The van der Waals surface area contributed by atoms with E-state index >= 15 is 0 Å². The van der Waals surface area contributed by atoms with Crippen molar-refractivity contribution in [2.75, 3.05) is 0 Å². The van der Waals surface area contributed by atoms with Crippen molar-refractivity contribution in [1.82, 2.24) is 4.57 Å². The molecule has 0 aliphatic carbocycles. The summed E-state index contributed by atoms with van der Waals surface area (Å²) in [4.78, 5) is 27.0. The summed E-state index contributed by atoms with van der Waals surface area (Å²) >= 11 is 1.05. The number of para-hydroxylation sites is 2. The van der Waals surface area contributed by atoms with Crippen molar-refractivity contribution < 1.29 is 15.3 Å². The maximum Gasteiger partial charge on any atom is 0.354 e. The molecule has 0 atom stereocenters. The van der Waals surface area contributed by atoms with Gasteiger partial charge in [-0.25, -0.2) is 4.79 Å². The van der Waals surface area contributed by atoms with Crippen LogP contribution in [0.2, 0.25) is 0 Å². The number of rotatable bonds is 3. The Labute approximate surface area is 180 Å². The van der Waals surface area contributed by atoms with E-state index in [0.717, 1.165) is 22.3 Å². The van der Waals surface area contributed by atoms with E-state index in [1.54, 1.807) is 42.5 Å². The molecule has 7 heteroatoms. The molecule has 5 rings (SSSR count). The first-order valence-corrected chi connectivity index (χ1v) is 10.3. The van der Waals surface area contributed by atoms with E-state index < -0.39 is 11.2 Å². The molecular formula is C24H17N2O4S+. The van der Waals surface area contributed by atoms with Crippen LogP contribution in [-0.4, -0.2) is 9.67 Å². The molecule has 0 fully saturated rings. The summed E-state index contributed by atoms with van der Waals surface area (Å²) in [6.07, 6.45) is 0. The molecule has 5 aromatic rings. The third-order valence-corrected chi connectivity index (χ3v) is 6.10. The molecule has 4 N–H and O–H groups in total. The molecule has 152 valence electrons. The molecule has 0 aliphatic heterocycles. The van der Waals surface area contributed by atoms with Gasteiger partial charge >= 0.3 is 5.63 Å². The molecule has 6 nitrogen and oxygen atoms in total. The Morgan fingerprint density at radius 1 is 0.871 bits per heavy atom. The van der Waals surface area contributed by atoms with Gasteiger partial charge in [0.25, 0.3) is 5.56 Å². The lowest BCUT2D eigenvalue weighted by Gasteiger charge is -2.14. The van der Waals surface area contributed by atoms with Crippen molar-refractivity contribution in [2.45, 2.75) is 9.79 Å². The first-order chi connectivity index (χ1) is 15.0. The molecule has 2 aromatic heterocycles. The highest BCUT2D eigenvalue weighted by Crippen LogP contribution is 2.37. The second kappa shape index (κ2) is 7.46. The van der Waals surface area contributed by atoms with Gasteiger partial charge in [-0.1, -0.05) is 42.1 Å². The van der Waals surface area contributed by atoms with E-state index in [1.807, 2.05) is 36.4 Å². The minimum absolute atomic E-state index is 0.0292. The third-order valence-electron chi connectivity index (χ3n) is 5.02. The van der Waals surface area contributed by atoms with Crippen molar-refractivity contribution >= 4 is 39.3 Å². The van der Waals surface area contributed by atoms with E-state index in [1.165, 1.54) is 4.57 Å². The second-order valence-electron chi connectivity index (χ2n) is 7.01. The summed E-state index contributed by atoms with van der Waals surface area (Å²) < 4.78 is 7.11. The van der Waals surface area contributed by atoms with Gasteiger partial charge in [-0.05, 0) is 48.5 Å². The quantitative estimate of drug-likeness (QED) is 0.425. The van der Waals surface area contributed by atoms with Crippen molar-refractivity contribution in [3.8, 4) is 11.4 Å². The summed E-state index contributed by atoms with van der Waals surface area (Å²) in [6.45, 7) is 0. The van der Waals surface area contributed by atoms with Gasteiger partial charge in [0.15, 0.2) is 11.3 Å². The van der Waals surface area contributed by atoms with E-state index in [9.17, 15) is 14.7 Å². The van der Waals surface area contributed by atoms with Crippen molar-refractivity contribution in [2.24, 2.45) is 0 Å². The molecule has 0 saturated heterocycles. The average molecular weight is 429 g/mol. The molecule has 0 bridgehead atoms. The van der Waals surface area contributed by atoms with Crippen LogP contribution in [0.1, 0.15) is 0 Å². The Morgan fingerprint density at radius 2 is 1.55 bits per heavy atom. The monoisotopic (exact) mass is 429 g/mol. The van der Waals surface area contributed by atoms with Gasteiger partial charge in [0.05, 0.1) is 5.52 Å². The van der Waals surface area contributed by atoms with Gasteiger partial charge in [0.2, 0.25) is 0 Å². The van der Waals surface area contributed by atoms with Gasteiger partial charge in [-0.3, -0.25) is 9.36 Å². The van der Waals surface area contributed by atoms with E-state index in [-0.39, 0.29) is 21.6 Å². The molecule has 0 amide bonds. The Bertz CT molecular complexity index is 1560. The van der Waals surface area contributed by atoms with E-state index in [0.29, 0.717) is 16.6 Å². The second-order valence-corrected chi connectivity index (χ2v) is 8.09. The summed E-state index contributed by atoms with van der Waals surface area (Å²) in [6, 6.07) is 23.5. The molecular weight excluding hydrogens is 412 g/mol. The Morgan fingerprint density at radius 3 is 2.29 bits per heavy atom. The van der Waals surface area contributed by atoms with Gasteiger partial charge in [-0.15, -0.1) is 0 Å². The Balaban J connectivity index is 1.86. The fourth-order valence-electron chi connectivity index (χ4n) is 3.58. The predicted octanol–water partition coefficient (Wildman–Crippen LogP) is 3.83. The summed E-state index contributed by atoms with van der Waals surface area (Å²) in [5, 5.41) is 11.6. The number of fused-ring (bicyclic) bond motifs is 3. The fourth-order valence-corrected chi connectivity index (χ4v) is 4.41. The average Bonchev–Trinajstić information content (AvgIpc) is 2.78. The lowest BCUT2D eigenvalue weighted by Crippen LogP contribution is -2.39. The van der Waals surface area contributed by atoms with Crippen LogP contribution in [0.25, 0.3) is 27.6 Å². The zero-order chi connectivity index (χ0) is 21.5. The summed E-state index contributed by atoms with van der Waals surface area (Å²) in [5.41, 5.74) is 4.82. The lowest BCUT2D eigenvalue weighted by molar-refractivity contribution is -0.254. The maximum absolute atomic E-state index is 13.5. The highest BCUT2D eigenvalue weighted by Gasteiger charge is 2.22. The SMILES string of the molecule is [NH3+]c1ccc(Sc2c(O)c3c(=O)n(-c4ccccc4)c4ccccc4c3oc2=O)cc1. The van der Waals surface area contributed by atoms with Crippen molar-refractivity contribution in [3.63, 3.8) is 0 Å². The van der Waals surface area contributed by atoms with Crippen LogP contribution in [0.5, 0.6) is 5.75 Å². The van der Waals surface area contributed by atoms with Crippen LogP contribution in [-0.2, 0) is 0 Å². The first kappa shape index (κ1) is 19.2. The number of pyridine rings is 1. The fraction of sp³-hybridized carbons (Fsp3) is 0. The summed E-state index contributed by atoms with van der Waals surface area (Å²) in [5.74, 6) is -0.379. The highest BCUT2D eigenvalue weighted by atomic mass is 32.2. The molecule has 2 heterocycles. The number of nitrogens with zero attached hydrogens (tertiary/aromatic N) is 1. The zero-order valence-electron chi connectivity index (χ0n) is 16.2. The highest BCUT2D eigenvalue weighted by molar-refractivity contribution is 7.99. The van der Waals surface area contributed by atoms with Crippen molar-refractivity contribution in [3.05, 3.63) is 99.6 Å². The van der Waals surface area contributed by atoms with Crippen molar-refractivity contribution in [1.29, 1.82) is 0 Å². The smallest absolute Gasteiger partial charge is 0.354 e. The van der Waals surface area contributed by atoms with Crippen LogP contribution in [0, 0.1) is 0 Å². The van der Waals surface area contributed by atoms with Crippen LogP contribution >= 0.6 is 11.8 Å². The molecule has 0 spiro atoms. The van der Waals surface area contributed by atoms with E-state index in [2.05, 4.69) is 5.73 Å². The largest absolute Gasteiger partial charge is 0.505 e. The standard InChI is InChI=1S/C24H16N2O4S/c25-14-10-12-16(13-11-14)31-22-20(27)19-21(30-24(22)29)17-8-4-5-9-18(17)26(23(19)28)15-6-2-1-3-7-15/h1-13,27H,25H2/p+1. The Hall–Kier alpha value is -3.81. The molecule has 0 unspecified atom stereocenters. The van der Waals surface area contributed by atoms with E-state index in [4.69, 9.17) is 4.42 Å². The minimum atomic E-state index is -0.698. The normalized spacial score (nSPS) is 11.3. The Kier molecular flexibility index (Phi) is 4.62. The number of hydrogen-bond donors (Lipinski definition) is 2. The van der Waals surface area contributed by atoms with Gasteiger partial charge < -0.3 is 15.3 Å². The van der Waals surface area contributed by atoms with Crippen LogP contribution in [0.15, 0.2) is 103 Å². The number of quaternary nitrogens is 1. The predicted molar refractivity (Wildman–Crippen MR) is 120 cm³/mol. The maximum atomic E-state index is 13.5. The summed E-state index contributed by atoms with van der Waals surface area (Å²) in [7, 11) is 0. The molecule has 31 heavy (non-hydrogen) atoms. The molecule has 0 radical (unpaired) electrons. The molecule has 0 saturated carbocycles. The van der Waals surface area contributed by atoms with Gasteiger partial charge in [0, 0.05) is 16.0 Å². The topological polar surface area (TPSA) is 100 Å². The minimum Gasteiger partial charge on any atom is -0.505 e.